The van der Waals surface area contributed by atoms with Crippen molar-refractivity contribution in [2.75, 3.05) is 6.61 Å². The van der Waals surface area contributed by atoms with Crippen LogP contribution in [0, 0.1) is 0 Å². The molecule has 0 aromatic carbocycles. The quantitative estimate of drug-likeness (QED) is 0.275. The number of carbonyl (C=O) groups is 2. The van der Waals surface area contributed by atoms with Gasteiger partial charge in [0.2, 0.25) is 5.91 Å². The monoisotopic (exact) mass is 174 g/mol. The number of esters is 1. The number of rotatable bonds is 3. The summed E-state index contributed by atoms with van der Waals surface area (Å²) in [6.07, 6.45) is 0. The van der Waals surface area contributed by atoms with Gasteiger partial charge in [-0.15, -0.1) is 0 Å². The van der Waals surface area contributed by atoms with Crippen LogP contribution in [0.1, 0.15) is 20.8 Å². The van der Waals surface area contributed by atoms with E-state index in [1.165, 1.54) is 13.8 Å². The lowest BCUT2D eigenvalue weighted by Gasteiger charge is -2.20. The highest BCUT2D eigenvalue weighted by molar-refractivity contribution is 5.82. The van der Waals surface area contributed by atoms with E-state index in [2.05, 4.69) is 4.74 Å². The summed E-state index contributed by atoms with van der Waals surface area (Å²) >= 11 is 0. The number of nitrogens with zero attached hydrogens (tertiary/aromatic N) is 1. The first-order valence-electron chi connectivity index (χ1n) is 3.71. The third kappa shape index (κ3) is 2.87. The van der Waals surface area contributed by atoms with E-state index in [-0.39, 0.29) is 12.5 Å². The topological polar surface area (TPSA) is 72.6 Å². The maximum atomic E-state index is 11.0. The van der Waals surface area contributed by atoms with Gasteiger partial charge in [0.05, 0.1) is 6.61 Å². The van der Waals surface area contributed by atoms with Crippen LogP contribution < -0.4 is 5.84 Å². The van der Waals surface area contributed by atoms with Crippen molar-refractivity contribution in [1.29, 1.82) is 0 Å². The predicted molar refractivity (Wildman–Crippen MR) is 42.8 cm³/mol. The van der Waals surface area contributed by atoms with Crippen molar-refractivity contribution in [3.05, 3.63) is 0 Å². The molecule has 0 aliphatic heterocycles. The van der Waals surface area contributed by atoms with E-state index in [4.69, 9.17) is 5.84 Å². The Kier molecular flexibility index (Phi) is 4.28. The fourth-order valence-electron chi connectivity index (χ4n) is 0.649. The van der Waals surface area contributed by atoms with Crippen LogP contribution in [0.15, 0.2) is 0 Å². The van der Waals surface area contributed by atoms with E-state index < -0.39 is 12.0 Å². The Morgan fingerprint density at radius 1 is 1.58 bits per heavy atom. The largest absolute Gasteiger partial charge is 0.464 e. The molecular weight excluding hydrogens is 160 g/mol. The molecule has 0 spiro atoms. The van der Waals surface area contributed by atoms with E-state index >= 15 is 0 Å². The van der Waals surface area contributed by atoms with Crippen LogP contribution in [-0.2, 0) is 14.3 Å². The van der Waals surface area contributed by atoms with Crippen LogP contribution in [0.5, 0.6) is 0 Å². The van der Waals surface area contributed by atoms with E-state index in [9.17, 15) is 9.59 Å². The Morgan fingerprint density at radius 3 is 2.42 bits per heavy atom. The summed E-state index contributed by atoms with van der Waals surface area (Å²) in [5, 5.41) is 0.845. The Hall–Kier alpha value is -1.10. The third-order valence-electron chi connectivity index (χ3n) is 1.41. The molecule has 0 aromatic heterocycles. The molecule has 0 aliphatic carbocycles. The Balaban J connectivity index is 4.09. The van der Waals surface area contributed by atoms with Crippen molar-refractivity contribution in [2.24, 2.45) is 5.84 Å². The Bertz CT molecular complexity index is 181. The normalized spacial score (nSPS) is 12.0. The molecule has 1 unspecified atom stereocenters. The standard InChI is InChI=1S/C7H14N2O3/c1-4-12-7(11)5(2)9(8)6(3)10/h5H,4,8H2,1-3H3. The van der Waals surface area contributed by atoms with Crippen LogP contribution in [0.3, 0.4) is 0 Å². The fraction of sp³-hybridized carbons (Fsp3) is 0.714. The molecule has 12 heavy (non-hydrogen) atoms. The smallest absolute Gasteiger partial charge is 0.330 e. The second-order valence-electron chi connectivity index (χ2n) is 2.35. The molecule has 0 aromatic rings. The van der Waals surface area contributed by atoms with Gasteiger partial charge < -0.3 is 4.74 Å². The van der Waals surface area contributed by atoms with Crippen molar-refractivity contribution in [3.63, 3.8) is 0 Å². The minimum Gasteiger partial charge on any atom is -0.464 e. The van der Waals surface area contributed by atoms with E-state index in [1.54, 1.807) is 6.92 Å². The fourth-order valence-corrected chi connectivity index (χ4v) is 0.649. The molecule has 0 saturated heterocycles. The third-order valence-corrected chi connectivity index (χ3v) is 1.41. The van der Waals surface area contributed by atoms with Gasteiger partial charge in [0.1, 0.15) is 6.04 Å². The maximum Gasteiger partial charge on any atom is 0.330 e. The molecule has 2 N–H and O–H groups in total. The van der Waals surface area contributed by atoms with Crippen molar-refractivity contribution >= 4 is 11.9 Å². The number of nitrogens with two attached hydrogens (primary N) is 1. The van der Waals surface area contributed by atoms with Gasteiger partial charge in [0, 0.05) is 6.92 Å². The number of carbonyl (C=O) groups excluding carboxylic acids is 2. The molecular formula is C7H14N2O3. The molecule has 0 bridgehead atoms. The predicted octanol–water partition coefficient (Wildman–Crippen LogP) is -0.340. The van der Waals surface area contributed by atoms with Gasteiger partial charge in [-0.25, -0.2) is 10.6 Å². The molecule has 5 heteroatoms. The Morgan fingerprint density at radius 2 is 2.08 bits per heavy atom. The zero-order valence-electron chi connectivity index (χ0n) is 7.53. The summed E-state index contributed by atoms with van der Waals surface area (Å²) < 4.78 is 4.66. The van der Waals surface area contributed by atoms with Gasteiger partial charge in [-0.2, -0.15) is 0 Å². The van der Waals surface area contributed by atoms with E-state index in [1.807, 2.05) is 0 Å². The molecule has 0 radical (unpaired) electrons. The van der Waals surface area contributed by atoms with E-state index in [0.29, 0.717) is 0 Å². The minimum absolute atomic E-state index is 0.287. The summed E-state index contributed by atoms with van der Waals surface area (Å²) in [5.74, 6) is 4.42. The van der Waals surface area contributed by atoms with Gasteiger partial charge >= 0.3 is 5.97 Å². The SMILES string of the molecule is CCOC(=O)C(C)N(N)C(C)=O. The summed E-state index contributed by atoms with van der Waals surface area (Å²) in [7, 11) is 0. The van der Waals surface area contributed by atoms with Crippen LogP contribution in [-0.4, -0.2) is 29.5 Å². The lowest BCUT2D eigenvalue weighted by molar-refractivity contribution is -0.153. The molecule has 0 heterocycles. The average Bonchev–Trinajstić information content (AvgIpc) is 2.02. The molecule has 1 atom stereocenters. The first kappa shape index (κ1) is 10.9. The molecule has 1 amide bonds. The van der Waals surface area contributed by atoms with Crippen LogP contribution in [0.2, 0.25) is 0 Å². The van der Waals surface area contributed by atoms with Crippen LogP contribution in [0.25, 0.3) is 0 Å². The lowest BCUT2D eigenvalue weighted by Crippen LogP contribution is -2.47. The highest BCUT2D eigenvalue weighted by Crippen LogP contribution is 1.95. The number of amides is 1. The highest BCUT2D eigenvalue weighted by atomic mass is 16.5. The Labute approximate surface area is 71.4 Å². The maximum absolute atomic E-state index is 11.0. The number of hydrogen-bond donors (Lipinski definition) is 1. The molecule has 0 aliphatic rings. The van der Waals surface area contributed by atoms with Gasteiger partial charge in [0.25, 0.3) is 0 Å². The molecule has 5 nitrogen and oxygen atoms in total. The lowest BCUT2D eigenvalue weighted by atomic mass is 10.3. The molecule has 0 rings (SSSR count). The van der Waals surface area contributed by atoms with Crippen molar-refractivity contribution < 1.29 is 14.3 Å². The first-order chi connectivity index (χ1) is 5.50. The highest BCUT2D eigenvalue weighted by Gasteiger charge is 2.21. The number of hydrogen-bond acceptors (Lipinski definition) is 4. The number of ether oxygens (including phenoxy) is 1. The summed E-state index contributed by atoms with van der Waals surface area (Å²) in [4.78, 5) is 21.7. The van der Waals surface area contributed by atoms with Crippen LogP contribution in [0.4, 0.5) is 0 Å². The van der Waals surface area contributed by atoms with Gasteiger partial charge in [-0.3, -0.25) is 9.80 Å². The van der Waals surface area contributed by atoms with Gasteiger partial charge in [-0.05, 0) is 13.8 Å². The summed E-state index contributed by atoms with van der Waals surface area (Å²) in [6.45, 7) is 4.78. The molecule has 0 fully saturated rings. The van der Waals surface area contributed by atoms with Crippen molar-refractivity contribution in [1.82, 2.24) is 5.01 Å². The van der Waals surface area contributed by atoms with Gasteiger partial charge in [0.15, 0.2) is 0 Å². The van der Waals surface area contributed by atoms with Crippen molar-refractivity contribution in [2.45, 2.75) is 26.8 Å². The minimum atomic E-state index is -0.720. The first-order valence-corrected chi connectivity index (χ1v) is 3.71. The second kappa shape index (κ2) is 4.71. The second-order valence-corrected chi connectivity index (χ2v) is 2.35. The molecule has 0 saturated carbocycles. The average molecular weight is 174 g/mol. The summed E-state index contributed by atoms with van der Waals surface area (Å²) in [6, 6.07) is -0.720. The number of hydrazine groups is 1. The zero-order valence-corrected chi connectivity index (χ0v) is 7.53. The summed E-state index contributed by atoms with van der Waals surface area (Å²) in [5.41, 5.74) is 0. The zero-order chi connectivity index (χ0) is 9.72. The van der Waals surface area contributed by atoms with E-state index in [0.717, 1.165) is 5.01 Å². The molecule has 70 valence electrons. The van der Waals surface area contributed by atoms with Gasteiger partial charge in [-0.1, -0.05) is 0 Å². The van der Waals surface area contributed by atoms with Crippen LogP contribution >= 0.6 is 0 Å². The van der Waals surface area contributed by atoms with Crippen molar-refractivity contribution in [3.8, 4) is 0 Å².